The second-order valence-corrected chi connectivity index (χ2v) is 5.44. The molecule has 0 saturated carbocycles. The van der Waals surface area contributed by atoms with Crippen molar-refractivity contribution in [2.45, 2.75) is 19.0 Å². The van der Waals surface area contributed by atoms with Crippen LogP contribution in [0.25, 0.3) is 0 Å². The molecule has 5 heteroatoms. The van der Waals surface area contributed by atoms with Gasteiger partial charge in [0, 0.05) is 19.8 Å². The maximum absolute atomic E-state index is 13.0. The third kappa shape index (κ3) is 2.83. The Hall–Kier alpha value is -1.46. The van der Waals surface area contributed by atoms with Crippen molar-refractivity contribution in [2.75, 3.05) is 26.3 Å². The van der Waals surface area contributed by atoms with E-state index >= 15 is 0 Å². The highest BCUT2D eigenvalue weighted by Crippen LogP contribution is 2.26. The van der Waals surface area contributed by atoms with Gasteiger partial charge in [0.1, 0.15) is 12.0 Å². The fourth-order valence-electron chi connectivity index (χ4n) is 2.90. The van der Waals surface area contributed by atoms with E-state index in [2.05, 4.69) is 5.32 Å². The third-order valence-electron chi connectivity index (χ3n) is 4.06. The first kappa shape index (κ1) is 13.5. The van der Waals surface area contributed by atoms with E-state index in [0.29, 0.717) is 12.5 Å². The number of nitrogens with one attached hydrogen (secondary N) is 1. The van der Waals surface area contributed by atoms with Crippen LogP contribution in [0, 0.1) is 11.7 Å². The van der Waals surface area contributed by atoms with Crippen LogP contribution in [0.3, 0.4) is 0 Å². The number of nitrogens with zero attached hydrogens (tertiary/aromatic N) is 1. The Morgan fingerprint density at radius 2 is 1.95 bits per heavy atom. The number of hydrogen-bond acceptors (Lipinski definition) is 3. The van der Waals surface area contributed by atoms with E-state index in [4.69, 9.17) is 4.74 Å². The first-order chi connectivity index (χ1) is 9.74. The zero-order chi connectivity index (χ0) is 13.9. The second-order valence-electron chi connectivity index (χ2n) is 5.44. The number of carbonyl (C=O) groups excluding carboxylic acids is 1. The van der Waals surface area contributed by atoms with Gasteiger partial charge >= 0.3 is 0 Å². The van der Waals surface area contributed by atoms with Crippen LogP contribution < -0.4 is 5.32 Å². The smallest absolute Gasteiger partial charge is 0.238 e. The van der Waals surface area contributed by atoms with E-state index in [-0.39, 0.29) is 17.9 Å². The molecule has 0 bridgehead atoms. The zero-order valence-electron chi connectivity index (χ0n) is 11.3. The molecule has 3 rings (SSSR count). The van der Waals surface area contributed by atoms with Gasteiger partial charge in [-0.2, -0.15) is 0 Å². The van der Waals surface area contributed by atoms with Crippen LogP contribution in [-0.2, 0) is 9.53 Å². The number of halogens is 1. The van der Waals surface area contributed by atoms with Crippen molar-refractivity contribution in [1.29, 1.82) is 0 Å². The molecule has 0 aromatic heterocycles. The van der Waals surface area contributed by atoms with Crippen molar-refractivity contribution in [3.8, 4) is 0 Å². The molecule has 2 heterocycles. The molecule has 2 saturated heterocycles. The van der Waals surface area contributed by atoms with E-state index in [1.54, 1.807) is 12.1 Å². The Kier molecular flexibility index (Phi) is 3.98. The lowest BCUT2D eigenvalue weighted by molar-refractivity contribution is -0.129. The minimum absolute atomic E-state index is 0.116. The van der Waals surface area contributed by atoms with E-state index in [0.717, 1.165) is 38.2 Å². The van der Waals surface area contributed by atoms with Gasteiger partial charge in [-0.3, -0.25) is 10.1 Å². The number of benzene rings is 1. The fourth-order valence-corrected chi connectivity index (χ4v) is 2.90. The predicted octanol–water partition coefficient (Wildman–Crippen LogP) is 1.68. The molecular formula is C15H19FN2O2. The molecule has 1 amide bonds. The lowest BCUT2D eigenvalue weighted by Crippen LogP contribution is -2.36. The molecule has 1 aromatic carbocycles. The maximum atomic E-state index is 13.0. The average molecular weight is 278 g/mol. The topological polar surface area (TPSA) is 41.6 Å². The molecular weight excluding hydrogens is 259 g/mol. The molecule has 0 radical (unpaired) electrons. The molecule has 0 spiro atoms. The summed E-state index contributed by atoms with van der Waals surface area (Å²) in [5.74, 6) is 0.357. The number of hydrogen-bond donors (Lipinski definition) is 1. The van der Waals surface area contributed by atoms with Crippen LogP contribution >= 0.6 is 0 Å². The average Bonchev–Trinajstić information content (AvgIpc) is 2.83. The summed E-state index contributed by atoms with van der Waals surface area (Å²) in [4.78, 5) is 13.9. The van der Waals surface area contributed by atoms with Crippen molar-refractivity contribution in [3.05, 3.63) is 35.6 Å². The summed E-state index contributed by atoms with van der Waals surface area (Å²) in [5, 5.41) is 3.20. The van der Waals surface area contributed by atoms with Gasteiger partial charge in [0.25, 0.3) is 0 Å². The molecule has 4 nitrogen and oxygen atoms in total. The highest BCUT2D eigenvalue weighted by atomic mass is 19.1. The Balaban J connectivity index is 1.72. The van der Waals surface area contributed by atoms with Gasteiger partial charge in [-0.1, -0.05) is 12.1 Å². The molecule has 0 aliphatic carbocycles. The van der Waals surface area contributed by atoms with E-state index in [9.17, 15) is 9.18 Å². The number of amides is 1. The molecule has 1 aromatic rings. The monoisotopic (exact) mass is 278 g/mol. The van der Waals surface area contributed by atoms with Crippen LogP contribution in [0.15, 0.2) is 24.3 Å². The highest BCUT2D eigenvalue weighted by molar-refractivity contribution is 5.81. The first-order valence-electron chi connectivity index (χ1n) is 7.10. The normalized spacial score (nSPS) is 24.4. The predicted molar refractivity (Wildman–Crippen MR) is 72.4 cm³/mol. The second kappa shape index (κ2) is 5.89. The van der Waals surface area contributed by atoms with Crippen molar-refractivity contribution in [1.82, 2.24) is 10.2 Å². The summed E-state index contributed by atoms with van der Waals surface area (Å²) >= 11 is 0. The summed E-state index contributed by atoms with van der Waals surface area (Å²) in [6, 6.07) is 6.35. The van der Waals surface area contributed by atoms with Gasteiger partial charge in [0.2, 0.25) is 5.91 Å². The van der Waals surface area contributed by atoms with Crippen molar-refractivity contribution < 1.29 is 13.9 Å². The SMILES string of the molecule is O=C1CNC(c2ccc(F)cc2)N1CC1CCOCC1. The maximum Gasteiger partial charge on any atom is 0.238 e. The highest BCUT2D eigenvalue weighted by Gasteiger charge is 2.33. The van der Waals surface area contributed by atoms with Gasteiger partial charge < -0.3 is 9.64 Å². The minimum atomic E-state index is -0.256. The molecule has 1 N–H and O–H groups in total. The summed E-state index contributed by atoms with van der Waals surface area (Å²) < 4.78 is 18.4. The van der Waals surface area contributed by atoms with Crippen LogP contribution in [0.1, 0.15) is 24.6 Å². The van der Waals surface area contributed by atoms with E-state index in [1.807, 2.05) is 4.90 Å². The molecule has 20 heavy (non-hydrogen) atoms. The largest absolute Gasteiger partial charge is 0.381 e. The van der Waals surface area contributed by atoms with Gasteiger partial charge in [-0.05, 0) is 36.5 Å². The summed E-state index contributed by atoms with van der Waals surface area (Å²) in [6.45, 7) is 2.66. The Morgan fingerprint density at radius 1 is 1.25 bits per heavy atom. The molecule has 108 valence electrons. The lowest BCUT2D eigenvalue weighted by Gasteiger charge is -2.30. The Morgan fingerprint density at radius 3 is 2.65 bits per heavy atom. The van der Waals surface area contributed by atoms with Crippen molar-refractivity contribution in [2.24, 2.45) is 5.92 Å². The molecule has 1 unspecified atom stereocenters. The van der Waals surface area contributed by atoms with Gasteiger partial charge in [-0.15, -0.1) is 0 Å². The van der Waals surface area contributed by atoms with E-state index < -0.39 is 0 Å². The van der Waals surface area contributed by atoms with Crippen molar-refractivity contribution in [3.63, 3.8) is 0 Å². The third-order valence-corrected chi connectivity index (χ3v) is 4.06. The number of ether oxygens (including phenoxy) is 1. The summed E-state index contributed by atoms with van der Waals surface area (Å²) in [6.07, 6.45) is 1.87. The van der Waals surface area contributed by atoms with E-state index in [1.165, 1.54) is 12.1 Å². The number of rotatable bonds is 3. The molecule has 2 fully saturated rings. The van der Waals surface area contributed by atoms with Crippen LogP contribution in [0.5, 0.6) is 0 Å². The quantitative estimate of drug-likeness (QED) is 0.914. The first-order valence-corrected chi connectivity index (χ1v) is 7.10. The lowest BCUT2D eigenvalue weighted by atomic mass is 9.99. The Bertz CT molecular complexity index is 471. The summed E-state index contributed by atoms with van der Waals surface area (Å²) in [5.41, 5.74) is 0.935. The van der Waals surface area contributed by atoms with Gasteiger partial charge in [0.15, 0.2) is 0 Å². The fraction of sp³-hybridized carbons (Fsp3) is 0.533. The summed E-state index contributed by atoms with van der Waals surface area (Å²) in [7, 11) is 0. The zero-order valence-corrected chi connectivity index (χ0v) is 11.3. The van der Waals surface area contributed by atoms with Gasteiger partial charge in [-0.25, -0.2) is 4.39 Å². The molecule has 2 aliphatic heterocycles. The minimum Gasteiger partial charge on any atom is -0.381 e. The molecule has 2 aliphatic rings. The Labute approximate surface area is 117 Å². The van der Waals surface area contributed by atoms with Crippen LogP contribution in [-0.4, -0.2) is 37.1 Å². The number of carbonyl (C=O) groups is 1. The van der Waals surface area contributed by atoms with Crippen LogP contribution in [0.2, 0.25) is 0 Å². The van der Waals surface area contributed by atoms with Gasteiger partial charge in [0.05, 0.1) is 6.54 Å². The van der Waals surface area contributed by atoms with Crippen molar-refractivity contribution >= 4 is 5.91 Å². The molecule has 1 atom stereocenters. The standard InChI is InChI=1S/C15H19FN2O2/c16-13-3-1-12(2-4-13)15-17-9-14(19)18(15)10-11-5-7-20-8-6-11/h1-4,11,15,17H,5-10H2. The van der Waals surface area contributed by atoms with Crippen LogP contribution in [0.4, 0.5) is 4.39 Å².